The lowest BCUT2D eigenvalue weighted by Crippen LogP contribution is -2.21. The molecule has 0 atom stereocenters. The SMILES string of the molecule is CC(=O)CCc1ccc(OCC(=O)Nc2ccnn2-c2cccc(Cl)c2)cc1. The van der Waals surface area contributed by atoms with Gasteiger partial charge in [-0.2, -0.15) is 5.10 Å². The maximum absolute atomic E-state index is 12.2. The molecular formula is C21H20ClN3O3. The first-order valence-electron chi connectivity index (χ1n) is 8.82. The van der Waals surface area contributed by atoms with Gasteiger partial charge in [0.05, 0.1) is 11.9 Å². The lowest BCUT2D eigenvalue weighted by atomic mass is 10.1. The quantitative estimate of drug-likeness (QED) is 0.622. The maximum atomic E-state index is 12.2. The normalized spacial score (nSPS) is 10.5. The zero-order valence-corrected chi connectivity index (χ0v) is 16.1. The van der Waals surface area contributed by atoms with Crippen molar-refractivity contribution in [2.24, 2.45) is 0 Å². The van der Waals surface area contributed by atoms with Gasteiger partial charge in [-0.1, -0.05) is 29.8 Å². The monoisotopic (exact) mass is 397 g/mol. The molecule has 0 bridgehead atoms. The summed E-state index contributed by atoms with van der Waals surface area (Å²) in [6, 6.07) is 16.3. The Morgan fingerprint density at radius 3 is 2.64 bits per heavy atom. The highest BCUT2D eigenvalue weighted by atomic mass is 35.5. The number of carbonyl (C=O) groups is 2. The number of nitrogens with zero attached hydrogens (tertiary/aromatic N) is 2. The lowest BCUT2D eigenvalue weighted by Gasteiger charge is -2.10. The second kappa shape index (κ2) is 9.19. The molecule has 0 radical (unpaired) electrons. The van der Waals surface area contributed by atoms with Gasteiger partial charge in [0.1, 0.15) is 17.4 Å². The van der Waals surface area contributed by atoms with Gasteiger partial charge in [0.25, 0.3) is 5.91 Å². The highest BCUT2D eigenvalue weighted by molar-refractivity contribution is 6.30. The molecule has 144 valence electrons. The number of aryl methyl sites for hydroxylation is 1. The van der Waals surface area contributed by atoms with Gasteiger partial charge in [-0.15, -0.1) is 0 Å². The van der Waals surface area contributed by atoms with Crippen molar-refractivity contribution in [3.63, 3.8) is 0 Å². The van der Waals surface area contributed by atoms with Crippen LogP contribution in [0.2, 0.25) is 5.02 Å². The highest BCUT2D eigenvalue weighted by Gasteiger charge is 2.10. The van der Waals surface area contributed by atoms with Crippen molar-refractivity contribution >= 4 is 29.1 Å². The second-order valence-corrected chi connectivity index (χ2v) is 6.73. The molecule has 1 amide bonds. The largest absolute Gasteiger partial charge is 0.484 e. The van der Waals surface area contributed by atoms with Gasteiger partial charge in [-0.3, -0.25) is 4.79 Å². The number of ether oxygens (including phenoxy) is 1. The van der Waals surface area contributed by atoms with Crippen molar-refractivity contribution < 1.29 is 14.3 Å². The van der Waals surface area contributed by atoms with Crippen LogP contribution < -0.4 is 10.1 Å². The molecule has 0 fully saturated rings. The van der Waals surface area contributed by atoms with E-state index in [4.69, 9.17) is 16.3 Å². The fourth-order valence-electron chi connectivity index (χ4n) is 2.61. The molecule has 3 rings (SSSR count). The molecule has 6 nitrogen and oxygen atoms in total. The fourth-order valence-corrected chi connectivity index (χ4v) is 2.80. The molecule has 0 aliphatic carbocycles. The number of aromatic nitrogens is 2. The predicted octanol–water partition coefficient (Wildman–Crippen LogP) is 4.06. The summed E-state index contributed by atoms with van der Waals surface area (Å²) in [5.74, 6) is 0.971. The van der Waals surface area contributed by atoms with Gasteiger partial charge in [0, 0.05) is 17.5 Å². The Kier molecular flexibility index (Phi) is 6.45. The molecule has 0 aliphatic rings. The zero-order chi connectivity index (χ0) is 19.9. The van der Waals surface area contributed by atoms with Crippen molar-refractivity contribution in [1.29, 1.82) is 0 Å². The molecule has 0 saturated carbocycles. The molecule has 1 heterocycles. The van der Waals surface area contributed by atoms with Gasteiger partial charge < -0.3 is 14.8 Å². The topological polar surface area (TPSA) is 73.2 Å². The number of hydrogen-bond acceptors (Lipinski definition) is 4. The molecule has 0 aliphatic heterocycles. The number of benzene rings is 2. The third-order valence-corrected chi connectivity index (χ3v) is 4.26. The standard InChI is InChI=1S/C21H20ClN3O3/c1-15(26)5-6-16-7-9-19(10-8-16)28-14-21(27)24-20-11-12-23-25(20)18-4-2-3-17(22)13-18/h2-4,7-13H,5-6,14H2,1H3,(H,24,27). The number of nitrogens with one attached hydrogen (secondary N) is 1. The Balaban J connectivity index is 1.55. The average molecular weight is 398 g/mol. The maximum Gasteiger partial charge on any atom is 0.263 e. The lowest BCUT2D eigenvalue weighted by molar-refractivity contribution is -0.118. The fraction of sp³-hybridized carbons (Fsp3) is 0.190. The summed E-state index contributed by atoms with van der Waals surface area (Å²) in [6.07, 6.45) is 2.81. The molecule has 0 saturated heterocycles. The summed E-state index contributed by atoms with van der Waals surface area (Å²) < 4.78 is 7.12. The Bertz CT molecular complexity index is 967. The smallest absolute Gasteiger partial charge is 0.263 e. The van der Waals surface area contributed by atoms with Crippen molar-refractivity contribution in [1.82, 2.24) is 9.78 Å². The molecular weight excluding hydrogens is 378 g/mol. The van der Waals surface area contributed by atoms with Crippen LogP contribution in [0.4, 0.5) is 5.82 Å². The van der Waals surface area contributed by atoms with Gasteiger partial charge in [0.15, 0.2) is 6.61 Å². The molecule has 28 heavy (non-hydrogen) atoms. The van der Waals surface area contributed by atoms with Crippen molar-refractivity contribution in [2.45, 2.75) is 19.8 Å². The van der Waals surface area contributed by atoms with Crippen molar-refractivity contribution in [3.05, 3.63) is 71.4 Å². The summed E-state index contributed by atoms with van der Waals surface area (Å²) >= 11 is 6.02. The Hall–Kier alpha value is -3.12. The van der Waals surface area contributed by atoms with E-state index < -0.39 is 0 Å². The summed E-state index contributed by atoms with van der Waals surface area (Å²) in [5.41, 5.74) is 1.80. The highest BCUT2D eigenvalue weighted by Crippen LogP contribution is 2.19. The van der Waals surface area contributed by atoms with Crippen LogP contribution in [-0.2, 0) is 16.0 Å². The molecule has 7 heteroatoms. The van der Waals surface area contributed by atoms with Crippen LogP contribution in [-0.4, -0.2) is 28.1 Å². The Labute approximate surface area is 168 Å². The molecule has 1 N–H and O–H groups in total. The summed E-state index contributed by atoms with van der Waals surface area (Å²) in [5, 5.41) is 7.58. The number of hydrogen-bond donors (Lipinski definition) is 1. The van der Waals surface area contributed by atoms with Crippen molar-refractivity contribution in [3.8, 4) is 11.4 Å². The summed E-state index contributed by atoms with van der Waals surface area (Å²) in [6.45, 7) is 1.45. The molecule has 2 aromatic carbocycles. The average Bonchev–Trinajstić information content (AvgIpc) is 3.13. The minimum Gasteiger partial charge on any atom is -0.484 e. The van der Waals surface area contributed by atoms with Gasteiger partial charge in [0.2, 0.25) is 0 Å². The second-order valence-electron chi connectivity index (χ2n) is 6.29. The molecule has 0 unspecified atom stereocenters. The number of rotatable bonds is 8. The number of anilines is 1. The Morgan fingerprint density at radius 1 is 1.14 bits per heavy atom. The van der Waals surface area contributed by atoms with Crippen LogP contribution in [0.15, 0.2) is 60.8 Å². The van der Waals surface area contributed by atoms with E-state index >= 15 is 0 Å². The van der Waals surface area contributed by atoms with E-state index in [1.165, 1.54) is 0 Å². The van der Waals surface area contributed by atoms with E-state index in [9.17, 15) is 9.59 Å². The van der Waals surface area contributed by atoms with Crippen molar-refractivity contribution in [2.75, 3.05) is 11.9 Å². The Morgan fingerprint density at radius 2 is 1.93 bits per heavy atom. The third kappa shape index (κ3) is 5.44. The molecule has 3 aromatic rings. The first kappa shape index (κ1) is 19.6. The summed E-state index contributed by atoms with van der Waals surface area (Å²) in [7, 11) is 0. The minimum atomic E-state index is -0.301. The minimum absolute atomic E-state index is 0.131. The van der Waals surface area contributed by atoms with Crippen LogP contribution in [0.3, 0.4) is 0 Å². The number of ketones is 1. The van der Waals surface area contributed by atoms with E-state index in [1.54, 1.807) is 48.1 Å². The number of Topliss-reactive ketones (excluding diaryl/α,β-unsaturated/α-hetero) is 1. The summed E-state index contributed by atoms with van der Waals surface area (Å²) in [4.78, 5) is 23.3. The zero-order valence-electron chi connectivity index (χ0n) is 15.4. The number of halogens is 1. The van der Waals surface area contributed by atoms with Crippen LogP contribution >= 0.6 is 11.6 Å². The van der Waals surface area contributed by atoms with E-state index in [0.29, 0.717) is 29.4 Å². The first-order valence-corrected chi connectivity index (χ1v) is 9.20. The van der Waals surface area contributed by atoms with E-state index in [2.05, 4.69) is 10.4 Å². The first-order chi connectivity index (χ1) is 13.5. The van der Waals surface area contributed by atoms with E-state index in [0.717, 1.165) is 11.3 Å². The number of amides is 1. The number of carbonyl (C=O) groups excluding carboxylic acids is 2. The van der Waals surface area contributed by atoms with Gasteiger partial charge >= 0.3 is 0 Å². The predicted molar refractivity (Wildman–Crippen MR) is 108 cm³/mol. The van der Waals surface area contributed by atoms with E-state index in [1.807, 2.05) is 24.3 Å². The van der Waals surface area contributed by atoms with Crippen LogP contribution in [0, 0.1) is 0 Å². The van der Waals surface area contributed by atoms with E-state index in [-0.39, 0.29) is 18.3 Å². The van der Waals surface area contributed by atoms with Crippen LogP contribution in [0.25, 0.3) is 5.69 Å². The third-order valence-electron chi connectivity index (χ3n) is 4.02. The van der Waals surface area contributed by atoms with Gasteiger partial charge in [-0.25, -0.2) is 4.68 Å². The molecule has 0 spiro atoms. The van der Waals surface area contributed by atoms with Gasteiger partial charge in [-0.05, 0) is 49.2 Å². The van der Waals surface area contributed by atoms with Crippen LogP contribution in [0.1, 0.15) is 18.9 Å². The molecule has 1 aromatic heterocycles. The van der Waals surface area contributed by atoms with Crippen LogP contribution in [0.5, 0.6) is 5.75 Å².